The Morgan fingerprint density at radius 3 is 2.70 bits per heavy atom. The predicted molar refractivity (Wildman–Crippen MR) is 72.7 cm³/mol. The molecule has 20 heavy (non-hydrogen) atoms. The average Bonchev–Trinajstić information content (AvgIpc) is 2.28. The zero-order chi connectivity index (χ0) is 15.0. The monoisotopic (exact) mass is 281 g/mol. The van der Waals surface area contributed by atoms with E-state index in [1.807, 2.05) is 0 Å². The highest BCUT2D eigenvalue weighted by molar-refractivity contribution is 5.70. The Labute approximate surface area is 117 Å². The molecule has 110 valence electrons. The minimum absolute atomic E-state index is 0.236. The average molecular weight is 281 g/mol. The topological polar surface area (TPSA) is 68.5 Å². The number of nitrogens with two attached hydrogens (primary N) is 1. The Balaban J connectivity index is 2.09. The summed E-state index contributed by atoms with van der Waals surface area (Å²) in [5.41, 5.74) is 4.94. The summed E-state index contributed by atoms with van der Waals surface area (Å²) in [6.07, 6.45) is 1.13. The van der Waals surface area contributed by atoms with Crippen LogP contribution in [0.5, 0.6) is 0 Å². The summed E-state index contributed by atoms with van der Waals surface area (Å²) in [5.74, 6) is -0.387. The molecule has 2 N–H and O–H groups in total. The summed E-state index contributed by atoms with van der Waals surface area (Å²) in [5, 5.41) is 0. The fourth-order valence-corrected chi connectivity index (χ4v) is 2.29. The van der Waals surface area contributed by atoms with Crippen LogP contribution in [0.3, 0.4) is 0 Å². The van der Waals surface area contributed by atoms with Crippen molar-refractivity contribution in [1.82, 2.24) is 9.88 Å². The molecule has 0 spiro atoms. The van der Waals surface area contributed by atoms with Gasteiger partial charge in [0, 0.05) is 25.8 Å². The van der Waals surface area contributed by atoms with Crippen molar-refractivity contribution in [1.29, 1.82) is 0 Å². The minimum Gasteiger partial charge on any atom is -0.444 e. The Bertz CT molecular complexity index is 507. The highest BCUT2D eigenvalue weighted by Gasteiger charge is 2.49. The van der Waals surface area contributed by atoms with Crippen LogP contribution in [-0.4, -0.2) is 41.2 Å². The van der Waals surface area contributed by atoms with Crippen LogP contribution in [0.2, 0.25) is 0 Å². The van der Waals surface area contributed by atoms with Crippen LogP contribution in [0, 0.1) is 5.82 Å². The summed E-state index contributed by atoms with van der Waals surface area (Å²) in [7, 11) is 0. The lowest BCUT2D eigenvalue weighted by Gasteiger charge is -2.48. The fraction of sp³-hybridized carbons (Fsp3) is 0.571. The van der Waals surface area contributed by atoms with Crippen molar-refractivity contribution in [3.63, 3.8) is 0 Å². The minimum atomic E-state index is -0.609. The van der Waals surface area contributed by atoms with Gasteiger partial charge in [0.1, 0.15) is 11.4 Å². The third-order valence-corrected chi connectivity index (χ3v) is 3.29. The highest BCUT2D eigenvalue weighted by Crippen LogP contribution is 2.34. The van der Waals surface area contributed by atoms with Gasteiger partial charge in [-0.2, -0.15) is 0 Å². The van der Waals surface area contributed by atoms with Gasteiger partial charge in [-0.3, -0.25) is 4.98 Å². The molecule has 0 aromatic carbocycles. The van der Waals surface area contributed by atoms with Crippen LogP contribution in [0.4, 0.5) is 9.18 Å². The van der Waals surface area contributed by atoms with Crippen LogP contribution in [-0.2, 0) is 10.2 Å². The highest BCUT2D eigenvalue weighted by atomic mass is 19.1. The molecule has 0 saturated carbocycles. The zero-order valence-electron chi connectivity index (χ0n) is 12.0. The van der Waals surface area contributed by atoms with Crippen molar-refractivity contribution in [3.8, 4) is 0 Å². The van der Waals surface area contributed by atoms with Gasteiger partial charge in [0.2, 0.25) is 0 Å². The van der Waals surface area contributed by atoms with Gasteiger partial charge in [-0.15, -0.1) is 0 Å². The molecule has 0 aliphatic carbocycles. The first kappa shape index (κ1) is 14.7. The van der Waals surface area contributed by atoms with Crippen molar-refractivity contribution < 1.29 is 13.9 Å². The SMILES string of the molecule is CC(C)(C)OC(=O)N1CC(CN)(c2ncccc2F)C1. The number of rotatable bonds is 2. The van der Waals surface area contributed by atoms with E-state index < -0.39 is 17.1 Å². The maximum Gasteiger partial charge on any atom is 0.410 e. The molecule has 0 bridgehead atoms. The number of carbonyl (C=O) groups excluding carboxylic acids is 1. The molecule has 1 aromatic heterocycles. The van der Waals surface area contributed by atoms with Gasteiger partial charge in [0.25, 0.3) is 0 Å². The lowest BCUT2D eigenvalue weighted by Crippen LogP contribution is -2.65. The second-order valence-corrected chi connectivity index (χ2v) is 6.15. The van der Waals surface area contributed by atoms with Crippen molar-refractivity contribution in [2.75, 3.05) is 19.6 Å². The Kier molecular flexibility index (Phi) is 3.69. The van der Waals surface area contributed by atoms with Gasteiger partial charge in [-0.25, -0.2) is 9.18 Å². The molecule has 0 unspecified atom stereocenters. The first-order valence-corrected chi connectivity index (χ1v) is 6.56. The van der Waals surface area contributed by atoms with Gasteiger partial charge in [-0.1, -0.05) is 0 Å². The quantitative estimate of drug-likeness (QED) is 0.895. The Hall–Kier alpha value is -1.69. The van der Waals surface area contributed by atoms with Crippen LogP contribution < -0.4 is 5.73 Å². The lowest BCUT2D eigenvalue weighted by atomic mass is 9.76. The van der Waals surface area contributed by atoms with Gasteiger partial charge in [-0.05, 0) is 32.9 Å². The normalized spacial score (nSPS) is 17.6. The molecule has 0 atom stereocenters. The molecule has 1 saturated heterocycles. The van der Waals surface area contributed by atoms with Crippen LogP contribution in [0.15, 0.2) is 18.3 Å². The maximum absolute atomic E-state index is 13.8. The first-order valence-electron chi connectivity index (χ1n) is 6.56. The lowest BCUT2D eigenvalue weighted by molar-refractivity contribution is -0.00972. The Morgan fingerprint density at radius 1 is 1.55 bits per heavy atom. The largest absolute Gasteiger partial charge is 0.444 e. The third kappa shape index (κ3) is 2.75. The van der Waals surface area contributed by atoms with E-state index in [1.54, 1.807) is 20.8 Å². The van der Waals surface area contributed by atoms with Gasteiger partial charge in [0.15, 0.2) is 0 Å². The van der Waals surface area contributed by atoms with E-state index in [9.17, 15) is 9.18 Å². The third-order valence-electron chi connectivity index (χ3n) is 3.29. The number of carbonyl (C=O) groups is 1. The second kappa shape index (κ2) is 5.01. The second-order valence-electron chi connectivity index (χ2n) is 6.15. The number of hydrogen-bond donors (Lipinski definition) is 1. The van der Waals surface area contributed by atoms with E-state index in [4.69, 9.17) is 10.5 Å². The summed E-state index contributed by atoms with van der Waals surface area (Å²) >= 11 is 0. The molecule has 1 fully saturated rings. The predicted octanol–water partition coefficient (Wildman–Crippen LogP) is 1.67. The van der Waals surface area contributed by atoms with Crippen LogP contribution in [0.25, 0.3) is 0 Å². The molecule has 1 aromatic rings. The molecular weight excluding hydrogens is 261 g/mol. The number of amides is 1. The molecule has 2 heterocycles. The molecule has 5 nitrogen and oxygen atoms in total. The van der Waals surface area contributed by atoms with Crippen LogP contribution >= 0.6 is 0 Å². The number of aromatic nitrogens is 1. The van der Waals surface area contributed by atoms with E-state index in [2.05, 4.69) is 4.98 Å². The first-order chi connectivity index (χ1) is 9.27. The summed E-state index contributed by atoms with van der Waals surface area (Å²) in [4.78, 5) is 17.5. The van der Waals surface area contributed by atoms with Crippen molar-refractivity contribution in [2.45, 2.75) is 31.8 Å². The maximum atomic E-state index is 13.8. The number of pyridine rings is 1. The van der Waals surface area contributed by atoms with Crippen molar-refractivity contribution in [2.24, 2.45) is 5.73 Å². The molecule has 1 aliphatic rings. The zero-order valence-corrected chi connectivity index (χ0v) is 12.0. The molecule has 1 amide bonds. The van der Waals surface area contributed by atoms with E-state index >= 15 is 0 Å². The van der Waals surface area contributed by atoms with Crippen molar-refractivity contribution >= 4 is 6.09 Å². The number of hydrogen-bond acceptors (Lipinski definition) is 4. The van der Waals surface area contributed by atoms with E-state index in [-0.39, 0.29) is 12.4 Å². The van der Waals surface area contributed by atoms with E-state index in [0.29, 0.717) is 18.8 Å². The molecule has 6 heteroatoms. The van der Waals surface area contributed by atoms with Crippen molar-refractivity contribution in [3.05, 3.63) is 29.8 Å². The number of halogens is 1. The number of ether oxygens (including phenoxy) is 1. The number of nitrogens with zero attached hydrogens (tertiary/aromatic N) is 2. The summed E-state index contributed by atoms with van der Waals surface area (Å²) in [6, 6.07) is 2.89. The van der Waals surface area contributed by atoms with E-state index in [1.165, 1.54) is 23.2 Å². The standard InChI is InChI=1S/C14H20FN3O2/c1-13(2,3)20-12(19)18-8-14(7-16,9-18)11-10(15)5-4-6-17-11/h4-6H,7-9,16H2,1-3H3. The molecule has 1 aliphatic heterocycles. The summed E-state index contributed by atoms with van der Waals surface area (Å²) < 4.78 is 19.1. The van der Waals surface area contributed by atoms with Gasteiger partial charge < -0.3 is 15.4 Å². The Morgan fingerprint density at radius 2 is 2.20 bits per heavy atom. The number of likely N-dealkylation sites (tertiary alicyclic amines) is 1. The molecule has 2 rings (SSSR count). The van der Waals surface area contributed by atoms with Gasteiger partial charge in [0.05, 0.1) is 11.1 Å². The fourth-order valence-electron chi connectivity index (χ4n) is 2.29. The van der Waals surface area contributed by atoms with Crippen LogP contribution in [0.1, 0.15) is 26.5 Å². The van der Waals surface area contributed by atoms with Gasteiger partial charge >= 0.3 is 6.09 Å². The molecular formula is C14H20FN3O2. The van der Waals surface area contributed by atoms with E-state index in [0.717, 1.165) is 0 Å². The molecule has 0 radical (unpaired) electrons. The summed E-state index contributed by atoms with van der Waals surface area (Å²) in [6.45, 7) is 6.30. The smallest absolute Gasteiger partial charge is 0.410 e.